The summed E-state index contributed by atoms with van der Waals surface area (Å²) in [7, 11) is 0. The molecule has 0 spiro atoms. The van der Waals surface area contributed by atoms with Crippen LogP contribution in [-0.4, -0.2) is 26.5 Å². The Balaban J connectivity index is 2.21. The van der Waals surface area contributed by atoms with Crippen LogP contribution in [0.2, 0.25) is 0 Å². The van der Waals surface area contributed by atoms with E-state index in [1.165, 1.54) is 22.2 Å². The van der Waals surface area contributed by atoms with E-state index in [4.69, 9.17) is 5.11 Å². The van der Waals surface area contributed by atoms with Gasteiger partial charge in [0.05, 0.1) is 17.2 Å². The minimum atomic E-state index is -4.48. The van der Waals surface area contributed by atoms with Crippen molar-refractivity contribution < 1.29 is 18.3 Å². The predicted octanol–water partition coefficient (Wildman–Crippen LogP) is 3.46. The van der Waals surface area contributed by atoms with Gasteiger partial charge < -0.3 is 5.11 Å². The molecule has 0 saturated heterocycles. The van der Waals surface area contributed by atoms with Crippen molar-refractivity contribution in [3.8, 4) is 0 Å². The Morgan fingerprint density at radius 3 is 2.64 bits per heavy atom. The minimum absolute atomic E-state index is 0.112. The molecular formula is C14H18F3N3OS. The van der Waals surface area contributed by atoms with Crippen molar-refractivity contribution in [3.05, 3.63) is 33.5 Å². The lowest BCUT2D eigenvalue weighted by molar-refractivity contribution is -0.142. The molecule has 1 N–H and O–H groups in total. The SMILES string of the molecule is CC(C)c1nc(Cn2cc(CCCO)c(C(F)(F)F)n2)cs1. The van der Waals surface area contributed by atoms with Crippen LogP contribution in [0.1, 0.15) is 48.1 Å². The highest BCUT2D eigenvalue weighted by Crippen LogP contribution is 2.31. The number of halogens is 3. The number of nitrogens with zero attached hydrogens (tertiary/aromatic N) is 3. The highest BCUT2D eigenvalue weighted by molar-refractivity contribution is 7.09. The van der Waals surface area contributed by atoms with E-state index in [-0.39, 0.29) is 31.6 Å². The number of alkyl halides is 3. The van der Waals surface area contributed by atoms with Crippen molar-refractivity contribution in [2.24, 2.45) is 0 Å². The number of thiazole rings is 1. The van der Waals surface area contributed by atoms with Crippen LogP contribution in [-0.2, 0) is 19.1 Å². The summed E-state index contributed by atoms with van der Waals surface area (Å²) in [6.07, 6.45) is -2.66. The maximum Gasteiger partial charge on any atom is 0.435 e. The third kappa shape index (κ3) is 4.07. The lowest BCUT2D eigenvalue weighted by Gasteiger charge is -2.04. The van der Waals surface area contributed by atoms with Crippen molar-refractivity contribution in [2.45, 2.75) is 45.3 Å². The van der Waals surface area contributed by atoms with Gasteiger partial charge in [-0.15, -0.1) is 11.3 Å². The van der Waals surface area contributed by atoms with Gasteiger partial charge in [0.1, 0.15) is 0 Å². The number of aliphatic hydroxyl groups excluding tert-OH is 1. The number of aryl methyl sites for hydroxylation is 1. The van der Waals surface area contributed by atoms with Gasteiger partial charge in [0.2, 0.25) is 0 Å². The average molecular weight is 333 g/mol. The van der Waals surface area contributed by atoms with Gasteiger partial charge in [0, 0.05) is 29.7 Å². The second kappa shape index (κ2) is 6.78. The van der Waals surface area contributed by atoms with Gasteiger partial charge >= 0.3 is 6.18 Å². The van der Waals surface area contributed by atoms with E-state index in [9.17, 15) is 13.2 Å². The lowest BCUT2D eigenvalue weighted by Crippen LogP contribution is -2.10. The van der Waals surface area contributed by atoms with Crippen molar-refractivity contribution in [2.75, 3.05) is 6.61 Å². The molecule has 0 amide bonds. The van der Waals surface area contributed by atoms with E-state index < -0.39 is 11.9 Å². The molecule has 2 rings (SSSR count). The maximum atomic E-state index is 13.0. The van der Waals surface area contributed by atoms with Crippen LogP contribution in [0, 0.1) is 0 Å². The molecule has 0 aromatic carbocycles. The van der Waals surface area contributed by atoms with Crippen molar-refractivity contribution in [1.82, 2.24) is 14.8 Å². The molecule has 0 unspecified atom stereocenters. The van der Waals surface area contributed by atoms with E-state index in [1.54, 1.807) is 0 Å². The predicted molar refractivity (Wildman–Crippen MR) is 77.9 cm³/mol. The molecule has 0 aliphatic rings. The third-order valence-corrected chi connectivity index (χ3v) is 4.29. The van der Waals surface area contributed by atoms with Crippen LogP contribution in [0.5, 0.6) is 0 Å². The standard InChI is InChI=1S/C14H18F3N3OS/c1-9(2)13-18-11(8-22-13)7-20-6-10(4-3-5-21)12(19-20)14(15,16)17/h6,8-9,21H,3-5,7H2,1-2H3. The van der Waals surface area contributed by atoms with E-state index in [1.807, 2.05) is 19.2 Å². The zero-order chi connectivity index (χ0) is 16.3. The fourth-order valence-corrected chi connectivity index (χ4v) is 2.89. The second-order valence-corrected chi connectivity index (χ2v) is 6.25. The molecule has 0 bridgehead atoms. The van der Waals surface area contributed by atoms with Crippen molar-refractivity contribution in [1.29, 1.82) is 0 Å². The Morgan fingerprint density at radius 2 is 2.09 bits per heavy atom. The van der Waals surface area contributed by atoms with E-state index >= 15 is 0 Å². The molecule has 8 heteroatoms. The quantitative estimate of drug-likeness (QED) is 0.881. The number of hydrogen-bond acceptors (Lipinski definition) is 4. The smallest absolute Gasteiger partial charge is 0.396 e. The zero-order valence-corrected chi connectivity index (χ0v) is 13.2. The second-order valence-electron chi connectivity index (χ2n) is 5.36. The minimum Gasteiger partial charge on any atom is -0.396 e. The monoisotopic (exact) mass is 333 g/mol. The summed E-state index contributed by atoms with van der Waals surface area (Å²) in [6.45, 7) is 4.11. The Hall–Kier alpha value is -1.41. The number of aromatic nitrogens is 3. The van der Waals surface area contributed by atoms with Crippen molar-refractivity contribution in [3.63, 3.8) is 0 Å². The summed E-state index contributed by atoms with van der Waals surface area (Å²) in [6, 6.07) is 0. The first-order chi connectivity index (χ1) is 10.3. The first kappa shape index (κ1) is 17.0. The maximum absolute atomic E-state index is 13.0. The van der Waals surface area contributed by atoms with E-state index in [0.29, 0.717) is 11.6 Å². The van der Waals surface area contributed by atoms with Crippen LogP contribution in [0.3, 0.4) is 0 Å². The summed E-state index contributed by atoms with van der Waals surface area (Å²) >= 11 is 1.50. The van der Waals surface area contributed by atoms with E-state index in [2.05, 4.69) is 10.1 Å². The molecule has 0 atom stereocenters. The van der Waals surface area contributed by atoms with Crippen LogP contribution in [0.4, 0.5) is 13.2 Å². The van der Waals surface area contributed by atoms with E-state index in [0.717, 1.165) is 5.01 Å². The summed E-state index contributed by atoms with van der Waals surface area (Å²) in [5.41, 5.74) is -0.0558. The highest BCUT2D eigenvalue weighted by atomic mass is 32.1. The van der Waals surface area contributed by atoms with Crippen LogP contribution < -0.4 is 0 Å². The van der Waals surface area contributed by atoms with Gasteiger partial charge in [0.15, 0.2) is 5.69 Å². The number of hydrogen-bond donors (Lipinski definition) is 1. The fraction of sp³-hybridized carbons (Fsp3) is 0.571. The number of rotatable bonds is 6. The topological polar surface area (TPSA) is 50.9 Å². The van der Waals surface area contributed by atoms with Gasteiger partial charge in [-0.1, -0.05) is 13.8 Å². The van der Waals surface area contributed by atoms with Gasteiger partial charge in [-0.2, -0.15) is 18.3 Å². The molecule has 4 nitrogen and oxygen atoms in total. The Labute approximate surface area is 130 Å². The Bertz CT molecular complexity index is 619. The van der Waals surface area contributed by atoms with Crippen LogP contribution >= 0.6 is 11.3 Å². The van der Waals surface area contributed by atoms with Crippen molar-refractivity contribution >= 4 is 11.3 Å². The molecule has 22 heavy (non-hydrogen) atoms. The number of aliphatic hydroxyl groups is 1. The molecule has 2 heterocycles. The van der Waals surface area contributed by atoms with Gasteiger partial charge in [0.25, 0.3) is 0 Å². The third-order valence-electron chi connectivity index (χ3n) is 3.10. The van der Waals surface area contributed by atoms with Gasteiger partial charge in [-0.25, -0.2) is 4.98 Å². The highest BCUT2D eigenvalue weighted by Gasteiger charge is 2.36. The first-order valence-electron chi connectivity index (χ1n) is 7.00. The summed E-state index contributed by atoms with van der Waals surface area (Å²) < 4.78 is 40.2. The van der Waals surface area contributed by atoms with Crippen LogP contribution in [0.25, 0.3) is 0 Å². The largest absolute Gasteiger partial charge is 0.435 e. The van der Waals surface area contributed by atoms with Gasteiger partial charge in [-0.3, -0.25) is 4.68 Å². The molecule has 122 valence electrons. The molecule has 0 aliphatic carbocycles. The lowest BCUT2D eigenvalue weighted by atomic mass is 10.1. The molecule has 2 aromatic heterocycles. The van der Waals surface area contributed by atoms with Gasteiger partial charge in [-0.05, 0) is 12.8 Å². The summed E-state index contributed by atoms with van der Waals surface area (Å²) in [5, 5.41) is 15.3. The molecular weight excluding hydrogens is 315 g/mol. The fourth-order valence-electron chi connectivity index (χ4n) is 2.06. The Morgan fingerprint density at radius 1 is 1.36 bits per heavy atom. The normalized spacial score (nSPS) is 12.3. The summed E-state index contributed by atoms with van der Waals surface area (Å²) in [5.74, 6) is 0.294. The first-order valence-corrected chi connectivity index (χ1v) is 7.88. The summed E-state index contributed by atoms with van der Waals surface area (Å²) in [4.78, 5) is 4.40. The average Bonchev–Trinajstić information content (AvgIpc) is 3.03. The Kier molecular flexibility index (Phi) is 5.23. The van der Waals surface area contributed by atoms with Crippen LogP contribution in [0.15, 0.2) is 11.6 Å². The molecule has 2 aromatic rings. The molecule has 0 radical (unpaired) electrons. The molecule has 0 saturated carbocycles. The zero-order valence-electron chi connectivity index (χ0n) is 12.4. The molecule has 0 fully saturated rings. The molecule has 0 aliphatic heterocycles.